The minimum Gasteiger partial charge on any atom is -0.467 e. The van der Waals surface area contributed by atoms with E-state index >= 15 is 0 Å². The zero-order chi connectivity index (χ0) is 33.5. The maximum atomic E-state index is 14.4. The number of esters is 1. The van der Waals surface area contributed by atoms with Gasteiger partial charge in [0.05, 0.1) is 7.11 Å². The highest BCUT2D eigenvalue weighted by Gasteiger charge is 2.44. The van der Waals surface area contributed by atoms with E-state index in [1.54, 1.807) is 0 Å². The number of fused-ring (bicyclic) bond motifs is 3. The van der Waals surface area contributed by atoms with E-state index in [4.69, 9.17) is 14.2 Å². The summed E-state index contributed by atoms with van der Waals surface area (Å²) in [6, 6.07) is 32.1. The SMILES string of the molecule is COC(=O)[C@H]1CCCN(C(=O)OCc2ccccc2)N1C(=O)[C@H](Cc1ccccc1)NC(=O)OCC1c2ccccc2-c2ccccc21. The minimum absolute atomic E-state index is 0.0213. The molecule has 0 radical (unpaired) electrons. The summed E-state index contributed by atoms with van der Waals surface area (Å²) in [5, 5.41) is 4.96. The third-order valence-corrected chi connectivity index (χ3v) is 8.73. The van der Waals surface area contributed by atoms with Crippen molar-refractivity contribution >= 4 is 24.1 Å². The topological polar surface area (TPSA) is 114 Å². The normalized spacial score (nSPS) is 15.9. The lowest BCUT2D eigenvalue weighted by molar-refractivity contribution is -0.173. The highest BCUT2D eigenvalue weighted by molar-refractivity contribution is 5.91. The Morgan fingerprint density at radius 1 is 0.771 bits per heavy atom. The van der Waals surface area contributed by atoms with E-state index in [1.807, 2.05) is 97.1 Å². The molecule has 0 spiro atoms. The van der Waals surface area contributed by atoms with Crippen LogP contribution >= 0.6 is 0 Å². The summed E-state index contributed by atoms with van der Waals surface area (Å²) in [6.45, 7) is 0.168. The summed E-state index contributed by atoms with van der Waals surface area (Å²) < 4.78 is 16.4. The first kappa shape index (κ1) is 32.3. The molecule has 1 aliphatic heterocycles. The molecule has 0 unspecified atom stereocenters. The van der Waals surface area contributed by atoms with Crippen LogP contribution in [0.15, 0.2) is 109 Å². The zero-order valence-corrected chi connectivity index (χ0v) is 26.6. The van der Waals surface area contributed by atoms with E-state index in [9.17, 15) is 19.2 Å². The van der Waals surface area contributed by atoms with Gasteiger partial charge >= 0.3 is 18.2 Å². The predicted octanol–water partition coefficient (Wildman–Crippen LogP) is 5.85. The summed E-state index contributed by atoms with van der Waals surface area (Å²) >= 11 is 0. The molecule has 10 nitrogen and oxygen atoms in total. The molecule has 48 heavy (non-hydrogen) atoms. The fraction of sp³-hybridized carbons (Fsp3) is 0.263. The molecule has 0 aromatic heterocycles. The largest absolute Gasteiger partial charge is 0.467 e. The molecule has 6 rings (SSSR count). The molecule has 1 saturated heterocycles. The molecule has 2 atom stereocenters. The number of nitrogens with zero attached hydrogens (tertiary/aromatic N) is 2. The number of amides is 3. The fourth-order valence-electron chi connectivity index (χ4n) is 6.42. The van der Waals surface area contributed by atoms with Crippen LogP contribution in [0.5, 0.6) is 0 Å². The van der Waals surface area contributed by atoms with Crippen LogP contribution in [0.1, 0.15) is 41.0 Å². The molecular formula is C38H37N3O7. The summed E-state index contributed by atoms with van der Waals surface area (Å²) in [6.07, 6.45) is -0.797. The van der Waals surface area contributed by atoms with Crippen LogP contribution in [0.4, 0.5) is 9.59 Å². The Morgan fingerprint density at radius 2 is 1.35 bits per heavy atom. The Hall–Kier alpha value is -5.64. The van der Waals surface area contributed by atoms with E-state index in [1.165, 1.54) is 7.11 Å². The number of alkyl carbamates (subject to hydrolysis) is 1. The van der Waals surface area contributed by atoms with Crippen molar-refractivity contribution in [3.63, 3.8) is 0 Å². The number of rotatable bonds is 9. The Labute approximate surface area is 279 Å². The van der Waals surface area contributed by atoms with Crippen molar-refractivity contribution < 1.29 is 33.4 Å². The van der Waals surface area contributed by atoms with Crippen molar-refractivity contribution in [2.24, 2.45) is 0 Å². The predicted molar refractivity (Wildman–Crippen MR) is 177 cm³/mol. The molecule has 2 aliphatic rings. The molecule has 0 bridgehead atoms. The number of hydrogen-bond donors (Lipinski definition) is 1. The highest BCUT2D eigenvalue weighted by Crippen LogP contribution is 2.44. The zero-order valence-electron chi connectivity index (χ0n) is 26.6. The lowest BCUT2D eigenvalue weighted by Gasteiger charge is -2.43. The van der Waals surface area contributed by atoms with Gasteiger partial charge < -0.3 is 19.5 Å². The summed E-state index contributed by atoms with van der Waals surface area (Å²) in [7, 11) is 1.23. The lowest BCUT2D eigenvalue weighted by Crippen LogP contribution is -2.64. The van der Waals surface area contributed by atoms with E-state index in [0.29, 0.717) is 6.42 Å². The van der Waals surface area contributed by atoms with Crippen molar-refractivity contribution in [3.8, 4) is 11.1 Å². The van der Waals surface area contributed by atoms with Gasteiger partial charge in [-0.2, -0.15) is 0 Å². The number of hydrogen-bond acceptors (Lipinski definition) is 7. The molecule has 246 valence electrons. The molecule has 10 heteroatoms. The van der Waals surface area contributed by atoms with Crippen molar-refractivity contribution in [2.45, 2.75) is 43.9 Å². The molecule has 1 aliphatic carbocycles. The summed E-state index contributed by atoms with van der Waals surface area (Å²) in [5.41, 5.74) is 5.84. The fourth-order valence-corrected chi connectivity index (χ4v) is 6.42. The average Bonchev–Trinajstić information content (AvgIpc) is 3.46. The second kappa shape index (κ2) is 14.8. The number of carbonyl (C=O) groups excluding carboxylic acids is 4. The van der Waals surface area contributed by atoms with Crippen LogP contribution in [0.25, 0.3) is 11.1 Å². The van der Waals surface area contributed by atoms with Crippen molar-refractivity contribution in [1.29, 1.82) is 0 Å². The van der Waals surface area contributed by atoms with Crippen molar-refractivity contribution in [1.82, 2.24) is 15.3 Å². The average molecular weight is 648 g/mol. The second-order valence-corrected chi connectivity index (χ2v) is 11.7. The number of hydrazine groups is 1. The van der Waals surface area contributed by atoms with E-state index < -0.39 is 36.1 Å². The van der Waals surface area contributed by atoms with Gasteiger partial charge in [0, 0.05) is 18.9 Å². The van der Waals surface area contributed by atoms with Crippen LogP contribution in [0.2, 0.25) is 0 Å². The van der Waals surface area contributed by atoms with Crippen LogP contribution in [0.3, 0.4) is 0 Å². The van der Waals surface area contributed by atoms with Crippen molar-refractivity contribution in [2.75, 3.05) is 20.3 Å². The summed E-state index contributed by atoms with van der Waals surface area (Å²) in [5.74, 6) is -1.52. The van der Waals surface area contributed by atoms with Gasteiger partial charge in [0.1, 0.15) is 19.3 Å². The van der Waals surface area contributed by atoms with E-state index in [2.05, 4.69) is 17.4 Å². The van der Waals surface area contributed by atoms with Gasteiger partial charge in [-0.05, 0) is 46.2 Å². The first-order chi connectivity index (χ1) is 23.4. The number of ether oxygens (including phenoxy) is 3. The smallest absolute Gasteiger partial charge is 0.429 e. The molecule has 4 aromatic rings. The second-order valence-electron chi connectivity index (χ2n) is 11.7. The molecule has 0 saturated carbocycles. The van der Waals surface area contributed by atoms with Crippen LogP contribution in [0, 0.1) is 0 Å². The molecule has 4 aromatic carbocycles. The first-order valence-corrected chi connectivity index (χ1v) is 16.0. The number of nitrogens with one attached hydrogen (secondary N) is 1. The quantitative estimate of drug-likeness (QED) is 0.179. The van der Waals surface area contributed by atoms with Crippen LogP contribution in [-0.4, -0.2) is 66.4 Å². The van der Waals surface area contributed by atoms with E-state index in [0.717, 1.165) is 43.4 Å². The first-order valence-electron chi connectivity index (χ1n) is 16.0. The van der Waals surface area contributed by atoms with E-state index in [-0.39, 0.29) is 38.5 Å². The third-order valence-electron chi connectivity index (χ3n) is 8.73. The molecule has 1 fully saturated rings. The van der Waals surface area contributed by atoms with Crippen LogP contribution < -0.4 is 5.32 Å². The summed E-state index contributed by atoms with van der Waals surface area (Å²) in [4.78, 5) is 54.3. The Morgan fingerprint density at radius 3 is 1.98 bits per heavy atom. The van der Waals surface area contributed by atoms with Gasteiger partial charge in [0.15, 0.2) is 6.04 Å². The van der Waals surface area contributed by atoms with Gasteiger partial charge in [-0.1, -0.05) is 109 Å². The highest BCUT2D eigenvalue weighted by atomic mass is 16.6. The number of benzene rings is 4. The monoisotopic (exact) mass is 647 g/mol. The lowest BCUT2D eigenvalue weighted by atomic mass is 9.98. The minimum atomic E-state index is -1.18. The Balaban J connectivity index is 1.23. The Bertz CT molecular complexity index is 1720. The number of methoxy groups -OCH3 is 1. The molecule has 3 amide bonds. The molecule has 1 heterocycles. The number of carbonyl (C=O) groups is 4. The maximum absolute atomic E-state index is 14.4. The van der Waals surface area contributed by atoms with Gasteiger partial charge in [-0.15, -0.1) is 0 Å². The van der Waals surface area contributed by atoms with Gasteiger partial charge in [0.2, 0.25) is 0 Å². The molecule has 1 N–H and O–H groups in total. The van der Waals surface area contributed by atoms with Crippen LogP contribution in [-0.2, 0) is 36.8 Å². The maximum Gasteiger partial charge on any atom is 0.429 e. The standard InChI is InChI=1S/C38H37N3O7/c1-46-36(43)34-21-12-22-40(38(45)48-24-27-15-6-3-7-16-27)41(34)35(42)33(23-26-13-4-2-5-14-26)39-37(44)47-25-32-30-19-10-8-17-28(30)29-18-9-11-20-31(29)32/h2-11,13-20,32-34H,12,21-25H2,1H3,(H,39,44)/t33-,34+/m0/s1. The molecular weight excluding hydrogens is 610 g/mol. The third kappa shape index (κ3) is 7.02. The van der Waals surface area contributed by atoms with Gasteiger partial charge in [-0.3, -0.25) is 4.79 Å². The van der Waals surface area contributed by atoms with Gasteiger partial charge in [0.25, 0.3) is 5.91 Å². The Kier molecular flexibility index (Phi) is 9.99. The van der Waals surface area contributed by atoms with Gasteiger partial charge in [-0.25, -0.2) is 24.4 Å². The van der Waals surface area contributed by atoms with Crippen molar-refractivity contribution in [3.05, 3.63) is 131 Å².